The molecule has 0 bridgehead atoms. The van der Waals surface area contributed by atoms with Gasteiger partial charge in [-0.15, -0.1) is 0 Å². The van der Waals surface area contributed by atoms with Gasteiger partial charge in [-0.05, 0) is 13.8 Å². The van der Waals surface area contributed by atoms with Crippen LogP contribution in [0.1, 0.15) is 27.7 Å². The number of amides is 2. The number of carbonyl (C=O) groups excluding carboxylic acids is 2. The molecule has 0 rings (SSSR count). The van der Waals surface area contributed by atoms with Crippen molar-refractivity contribution in [2.45, 2.75) is 39.8 Å². The summed E-state index contributed by atoms with van der Waals surface area (Å²) in [5.74, 6) is -0.167. The Bertz CT molecular complexity index is 160. The fourth-order valence-corrected chi connectivity index (χ4v) is 0.891. The van der Waals surface area contributed by atoms with Crippen LogP contribution in [0.3, 0.4) is 0 Å². The highest BCUT2D eigenvalue weighted by Crippen LogP contribution is 1.90. The van der Waals surface area contributed by atoms with Gasteiger partial charge >= 0.3 is 0 Å². The molecule has 12 heavy (non-hydrogen) atoms. The fourth-order valence-electron chi connectivity index (χ4n) is 0.891. The van der Waals surface area contributed by atoms with Crippen LogP contribution in [-0.2, 0) is 9.59 Å². The van der Waals surface area contributed by atoms with Gasteiger partial charge in [0.05, 0.1) is 0 Å². The molecule has 0 saturated heterocycles. The van der Waals surface area contributed by atoms with Crippen molar-refractivity contribution < 1.29 is 9.59 Å². The highest BCUT2D eigenvalue weighted by atomic mass is 16.2. The summed E-state index contributed by atoms with van der Waals surface area (Å²) in [5, 5.41) is 5.39. The number of hydrogen-bond donors (Lipinski definition) is 2. The second-order valence-electron chi connectivity index (χ2n) is 2.98. The minimum absolute atomic E-state index is 0.0357. The Morgan fingerprint density at radius 1 is 0.917 bits per heavy atom. The average Bonchev–Trinajstić information content (AvgIpc) is 1.84. The second-order valence-corrected chi connectivity index (χ2v) is 2.98. The normalized spacial score (nSPS) is 14.7. The molecule has 0 radical (unpaired) electrons. The van der Waals surface area contributed by atoms with Crippen molar-refractivity contribution >= 4 is 11.8 Å². The standard InChI is InChI=1S/C8H16N2O2/c1-5(9-7(3)11)6(2)10-8(4)12/h5-6H,1-4H3,(H,9,11)(H,10,12)/t5-,6-/m0/s1. The van der Waals surface area contributed by atoms with Crippen molar-refractivity contribution in [3.8, 4) is 0 Å². The molecule has 0 aromatic heterocycles. The topological polar surface area (TPSA) is 58.2 Å². The molecule has 2 atom stereocenters. The first-order chi connectivity index (χ1) is 5.43. The molecule has 2 amide bonds. The Hall–Kier alpha value is -1.06. The molecule has 0 aromatic rings. The van der Waals surface area contributed by atoms with Crippen LogP contribution in [-0.4, -0.2) is 23.9 Å². The van der Waals surface area contributed by atoms with Gasteiger partial charge in [0.2, 0.25) is 11.8 Å². The smallest absolute Gasteiger partial charge is 0.217 e. The number of rotatable bonds is 3. The summed E-state index contributed by atoms with van der Waals surface area (Å²) >= 11 is 0. The predicted octanol–water partition coefficient (Wildman–Crippen LogP) is 0.0356. The molecule has 0 spiro atoms. The van der Waals surface area contributed by atoms with Crippen LogP contribution in [0.15, 0.2) is 0 Å². The van der Waals surface area contributed by atoms with Crippen LogP contribution < -0.4 is 10.6 Å². The van der Waals surface area contributed by atoms with Crippen LogP contribution >= 0.6 is 0 Å². The van der Waals surface area contributed by atoms with Crippen molar-refractivity contribution in [3.63, 3.8) is 0 Å². The van der Waals surface area contributed by atoms with Crippen LogP contribution in [0, 0.1) is 0 Å². The lowest BCUT2D eigenvalue weighted by molar-refractivity contribution is -0.122. The Labute approximate surface area is 72.7 Å². The maximum absolute atomic E-state index is 10.6. The molecule has 70 valence electrons. The first kappa shape index (κ1) is 10.9. The van der Waals surface area contributed by atoms with Crippen LogP contribution in [0.25, 0.3) is 0 Å². The summed E-state index contributed by atoms with van der Waals surface area (Å²) in [4.78, 5) is 21.2. The lowest BCUT2D eigenvalue weighted by Gasteiger charge is -2.20. The quantitative estimate of drug-likeness (QED) is 0.631. The maximum atomic E-state index is 10.6. The molecule has 0 aliphatic carbocycles. The lowest BCUT2D eigenvalue weighted by Crippen LogP contribution is -2.47. The zero-order chi connectivity index (χ0) is 9.72. The largest absolute Gasteiger partial charge is 0.352 e. The minimum atomic E-state index is -0.0836. The fraction of sp³-hybridized carbons (Fsp3) is 0.750. The van der Waals surface area contributed by atoms with Gasteiger partial charge in [-0.2, -0.15) is 0 Å². The minimum Gasteiger partial charge on any atom is -0.352 e. The predicted molar refractivity (Wildman–Crippen MR) is 46.6 cm³/mol. The van der Waals surface area contributed by atoms with Crippen molar-refractivity contribution in [2.24, 2.45) is 0 Å². The molecule has 4 heteroatoms. The zero-order valence-electron chi connectivity index (χ0n) is 7.97. The molecular formula is C8H16N2O2. The van der Waals surface area contributed by atoms with E-state index in [1.165, 1.54) is 13.8 Å². The zero-order valence-corrected chi connectivity index (χ0v) is 7.97. The van der Waals surface area contributed by atoms with E-state index in [-0.39, 0.29) is 23.9 Å². The Morgan fingerprint density at radius 2 is 1.17 bits per heavy atom. The van der Waals surface area contributed by atoms with Gasteiger partial charge in [-0.1, -0.05) is 0 Å². The van der Waals surface area contributed by atoms with Crippen LogP contribution in [0.2, 0.25) is 0 Å². The first-order valence-electron chi connectivity index (χ1n) is 3.97. The first-order valence-corrected chi connectivity index (χ1v) is 3.97. The van der Waals surface area contributed by atoms with E-state index in [1.54, 1.807) is 0 Å². The molecule has 0 aromatic carbocycles. The third-order valence-electron chi connectivity index (χ3n) is 1.61. The van der Waals surface area contributed by atoms with Gasteiger partial charge < -0.3 is 10.6 Å². The van der Waals surface area contributed by atoms with Crippen molar-refractivity contribution in [1.82, 2.24) is 10.6 Å². The molecule has 0 saturated carbocycles. The van der Waals surface area contributed by atoms with Gasteiger partial charge in [0.15, 0.2) is 0 Å². The molecule has 4 nitrogen and oxygen atoms in total. The molecule has 2 N–H and O–H groups in total. The second kappa shape index (κ2) is 4.74. The summed E-state index contributed by atoms with van der Waals surface area (Å²) in [6.45, 7) is 6.61. The highest BCUT2D eigenvalue weighted by Gasteiger charge is 2.12. The van der Waals surface area contributed by atoms with Crippen LogP contribution in [0.5, 0.6) is 0 Å². The lowest BCUT2D eigenvalue weighted by atomic mass is 10.1. The molecule has 0 aliphatic rings. The SMILES string of the molecule is CC(=O)N[C@@H](C)[C@H](C)NC(C)=O. The molecule has 0 aliphatic heterocycles. The maximum Gasteiger partial charge on any atom is 0.217 e. The molecule has 0 heterocycles. The van der Waals surface area contributed by atoms with E-state index in [0.717, 1.165) is 0 Å². The monoisotopic (exact) mass is 172 g/mol. The van der Waals surface area contributed by atoms with E-state index in [9.17, 15) is 9.59 Å². The summed E-state index contributed by atoms with van der Waals surface area (Å²) in [6, 6.07) is -0.0715. The van der Waals surface area contributed by atoms with E-state index in [0.29, 0.717) is 0 Å². The third kappa shape index (κ3) is 4.71. The Morgan fingerprint density at radius 3 is 1.33 bits per heavy atom. The molecule has 0 unspecified atom stereocenters. The average molecular weight is 172 g/mol. The number of nitrogens with one attached hydrogen (secondary N) is 2. The summed E-state index contributed by atoms with van der Waals surface area (Å²) in [5.41, 5.74) is 0. The van der Waals surface area contributed by atoms with E-state index in [1.807, 2.05) is 13.8 Å². The number of carbonyl (C=O) groups is 2. The van der Waals surface area contributed by atoms with Gasteiger partial charge in [-0.25, -0.2) is 0 Å². The Kier molecular flexibility index (Phi) is 4.33. The number of hydrogen-bond acceptors (Lipinski definition) is 2. The molecular weight excluding hydrogens is 156 g/mol. The van der Waals surface area contributed by atoms with Crippen molar-refractivity contribution in [2.75, 3.05) is 0 Å². The van der Waals surface area contributed by atoms with E-state index < -0.39 is 0 Å². The van der Waals surface area contributed by atoms with Gasteiger partial charge in [-0.3, -0.25) is 9.59 Å². The van der Waals surface area contributed by atoms with Crippen molar-refractivity contribution in [1.29, 1.82) is 0 Å². The van der Waals surface area contributed by atoms with E-state index in [4.69, 9.17) is 0 Å². The van der Waals surface area contributed by atoms with E-state index in [2.05, 4.69) is 10.6 Å². The summed E-state index contributed by atoms with van der Waals surface area (Å²) < 4.78 is 0. The van der Waals surface area contributed by atoms with Gasteiger partial charge in [0.1, 0.15) is 0 Å². The van der Waals surface area contributed by atoms with Gasteiger partial charge in [0.25, 0.3) is 0 Å². The van der Waals surface area contributed by atoms with E-state index >= 15 is 0 Å². The third-order valence-corrected chi connectivity index (χ3v) is 1.61. The summed E-state index contributed by atoms with van der Waals surface area (Å²) in [6.07, 6.45) is 0. The highest BCUT2D eigenvalue weighted by molar-refractivity contribution is 5.74. The molecule has 0 fully saturated rings. The van der Waals surface area contributed by atoms with Crippen molar-refractivity contribution in [3.05, 3.63) is 0 Å². The summed E-state index contributed by atoms with van der Waals surface area (Å²) in [7, 11) is 0. The van der Waals surface area contributed by atoms with Crippen LogP contribution in [0.4, 0.5) is 0 Å². The van der Waals surface area contributed by atoms with Gasteiger partial charge in [0, 0.05) is 25.9 Å². The Balaban J connectivity index is 3.83.